The predicted molar refractivity (Wildman–Crippen MR) is 189 cm³/mol. The van der Waals surface area contributed by atoms with Gasteiger partial charge in [-0.2, -0.15) is 0 Å². The van der Waals surface area contributed by atoms with Crippen molar-refractivity contribution in [2.75, 3.05) is 38.3 Å². The van der Waals surface area contributed by atoms with Gasteiger partial charge in [-0.25, -0.2) is 0 Å². The van der Waals surface area contributed by atoms with Crippen molar-refractivity contribution < 1.29 is 38.5 Å². The second-order valence-corrected chi connectivity index (χ2v) is 14.3. The summed E-state index contributed by atoms with van der Waals surface area (Å²) in [4.78, 5) is 60.8. The van der Waals surface area contributed by atoms with Crippen LogP contribution in [-0.4, -0.2) is 90.9 Å². The van der Waals surface area contributed by atoms with E-state index in [1.54, 1.807) is 11.0 Å². The first kappa shape index (κ1) is 36.0. The van der Waals surface area contributed by atoms with E-state index >= 15 is 4.79 Å². The Kier molecular flexibility index (Phi) is 10.9. The fourth-order valence-corrected chi connectivity index (χ4v) is 8.71. The van der Waals surface area contributed by atoms with Gasteiger partial charge in [-0.15, -0.1) is 0 Å². The van der Waals surface area contributed by atoms with Crippen LogP contribution in [0.5, 0.6) is 0 Å². The maximum atomic E-state index is 15.1. The molecule has 0 aromatic heterocycles. The number of rotatable bonds is 8. The Bertz CT molecular complexity index is 1660. The molecule has 5 bridgehead atoms. The van der Waals surface area contributed by atoms with Crippen LogP contribution in [0.3, 0.4) is 0 Å². The van der Waals surface area contributed by atoms with Crippen molar-refractivity contribution >= 4 is 45.3 Å². The number of anilines is 1. The molecule has 2 N–H and O–H groups in total. The number of methoxy groups -OCH3 is 1. The summed E-state index contributed by atoms with van der Waals surface area (Å²) in [6.45, 7) is 4.25. The minimum absolute atomic E-state index is 0.0619. The number of hydrogen-bond donors (Lipinski definition) is 2. The number of aliphatic hydroxyl groups excluding tert-OH is 1. The number of amides is 3. The molecule has 7 atom stereocenters. The van der Waals surface area contributed by atoms with Gasteiger partial charge >= 0.3 is 5.97 Å². The number of likely N-dealkylation sites (tertiary alicyclic amines) is 1. The molecular weight excluding hydrogens is 706 g/mol. The predicted octanol–water partition coefficient (Wildman–Crippen LogP) is 4.05. The number of carbonyl (C=O) groups excluding carboxylic acids is 4. The van der Waals surface area contributed by atoms with Gasteiger partial charge in [0.05, 0.1) is 18.6 Å². The molecule has 0 saturated carbocycles. The van der Waals surface area contributed by atoms with E-state index in [4.69, 9.17) is 14.2 Å². The number of cyclic esters (lactones) is 1. The van der Waals surface area contributed by atoms with E-state index in [9.17, 15) is 19.5 Å². The number of esters is 1. The number of para-hydroxylation sites is 1. The van der Waals surface area contributed by atoms with Crippen LogP contribution in [0.4, 0.5) is 5.69 Å². The molecule has 2 aromatic carbocycles. The Morgan fingerprint density at radius 1 is 0.980 bits per heavy atom. The zero-order valence-electron chi connectivity index (χ0n) is 28.5. The molecule has 0 unspecified atom stereocenters. The van der Waals surface area contributed by atoms with Crippen molar-refractivity contribution in [2.45, 2.75) is 69.4 Å². The van der Waals surface area contributed by atoms with Crippen LogP contribution in [0.2, 0.25) is 0 Å². The number of hydrogen-bond acceptors (Lipinski definition) is 8. The standard InChI is InChI=1S/C38H44BrN3O8/c1-23-13-12-14-24(2)31(23)41-18-9-5-8-17-28(44)40-27(22-48-3)32(25-15-6-4-7-16-25)49-37(47)29-30-35(45)42(19-10-11-20-43)34(36(41)46)38(30)21-26(39)33(29)50-38/h4-7,9,12-16,21,27,29-30,32-34,43H,8,10-11,17-20,22H2,1-3H3,(H,40,44)/b9-5-/t27-,29+,30-,32-,33+,34+,38-/m0/s1. The van der Waals surface area contributed by atoms with E-state index in [1.165, 1.54) is 12.0 Å². The van der Waals surface area contributed by atoms with Gasteiger partial charge in [0.2, 0.25) is 11.8 Å². The van der Waals surface area contributed by atoms with Crippen molar-refractivity contribution in [3.05, 3.63) is 87.9 Å². The zero-order chi connectivity index (χ0) is 35.6. The third-order valence-corrected chi connectivity index (χ3v) is 10.8. The first-order valence-electron chi connectivity index (χ1n) is 17.2. The first-order valence-corrected chi connectivity index (χ1v) is 18.0. The van der Waals surface area contributed by atoms with Gasteiger partial charge in [-0.05, 0) is 55.9 Å². The van der Waals surface area contributed by atoms with Crippen LogP contribution >= 0.6 is 15.9 Å². The lowest BCUT2D eigenvalue weighted by atomic mass is 9.74. The maximum Gasteiger partial charge on any atom is 0.313 e. The van der Waals surface area contributed by atoms with Gasteiger partial charge in [-0.1, -0.05) is 76.6 Å². The van der Waals surface area contributed by atoms with Gasteiger partial charge in [0.1, 0.15) is 29.8 Å². The highest BCUT2D eigenvalue weighted by Crippen LogP contribution is 2.59. The molecule has 1 spiro atoms. The third-order valence-electron chi connectivity index (χ3n) is 10.1. The number of ether oxygens (including phenoxy) is 3. The van der Waals surface area contributed by atoms with Gasteiger partial charge < -0.3 is 34.4 Å². The molecule has 4 aliphatic rings. The number of halogens is 1. The Labute approximate surface area is 300 Å². The monoisotopic (exact) mass is 749 g/mol. The minimum atomic E-state index is -1.45. The lowest BCUT2D eigenvalue weighted by molar-refractivity contribution is -0.162. The van der Waals surface area contributed by atoms with E-state index in [0.29, 0.717) is 29.3 Å². The zero-order valence-corrected chi connectivity index (χ0v) is 30.1. The SMILES string of the molecule is COC[C@@H]1NC(=O)CC/C=C\CN(c2c(C)cccc2C)C(=O)[C@H]2N(CCCCO)C(=O)[C@@H]3[C@@H](C(=O)O[C@H]1c1ccccc1)[C@@H]1O[C@@]32C=C1Br. The Hall–Kier alpha value is -3.84. The molecule has 11 nitrogen and oxygen atoms in total. The molecule has 2 fully saturated rings. The van der Waals surface area contributed by atoms with E-state index in [1.807, 2.05) is 74.5 Å². The molecule has 12 heteroatoms. The summed E-state index contributed by atoms with van der Waals surface area (Å²) in [5.74, 6) is -3.76. The number of nitrogens with zero attached hydrogens (tertiary/aromatic N) is 2. The number of carbonyl (C=O) groups is 4. The summed E-state index contributed by atoms with van der Waals surface area (Å²) in [7, 11) is 1.51. The molecule has 2 saturated heterocycles. The van der Waals surface area contributed by atoms with Crippen molar-refractivity contribution in [3.63, 3.8) is 0 Å². The average molecular weight is 751 g/mol. The normalized spacial score (nSPS) is 30.6. The van der Waals surface area contributed by atoms with Crippen LogP contribution in [-0.2, 0) is 33.4 Å². The lowest BCUT2D eigenvalue weighted by Crippen LogP contribution is -2.56. The largest absolute Gasteiger partial charge is 0.455 e. The number of nitrogens with one attached hydrogen (secondary N) is 1. The van der Waals surface area contributed by atoms with E-state index in [2.05, 4.69) is 21.2 Å². The quantitative estimate of drug-likeness (QED) is 0.235. The molecule has 266 valence electrons. The van der Waals surface area contributed by atoms with Gasteiger partial charge in [0.25, 0.3) is 5.91 Å². The molecular formula is C38H44BrN3O8. The number of unbranched alkanes of at least 4 members (excludes halogenated alkanes) is 1. The van der Waals surface area contributed by atoms with Gasteiger partial charge in [-0.3, -0.25) is 19.2 Å². The summed E-state index contributed by atoms with van der Waals surface area (Å²) in [5.41, 5.74) is 1.69. The van der Waals surface area contributed by atoms with Crippen molar-refractivity contribution in [3.8, 4) is 0 Å². The summed E-state index contributed by atoms with van der Waals surface area (Å²) in [5, 5.41) is 12.6. The second kappa shape index (κ2) is 15.2. The fraction of sp³-hybridized carbons (Fsp3) is 0.474. The minimum Gasteiger partial charge on any atom is -0.455 e. The molecule has 4 heterocycles. The molecule has 0 radical (unpaired) electrons. The summed E-state index contributed by atoms with van der Waals surface area (Å²) >= 11 is 3.62. The van der Waals surface area contributed by atoms with Crippen molar-refractivity contribution in [2.24, 2.45) is 11.8 Å². The van der Waals surface area contributed by atoms with Crippen LogP contribution in [0.15, 0.2) is 71.2 Å². The molecule has 6 rings (SSSR count). The van der Waals surface area contributed by atoms with Gasteiger partial charge in [0, 0.05) is 43.4 Å². The molecule has 0 aliphatic carbocycles. The Balaban J connectivity index is 1.49. The van der Waals surface area contributed by atoms with Crippen LogP contribution < -0.4 is 10.2 Å². The Morgan fingerprint density at radius 3 is 2.42 bits per heavy atom. The van der Waals surface area contributed by atoms with Crippen LogP contribution in [0, 0.1) is 25.7 Å². The number of aryl methyl sites for hydroxylation is 2. The average Bonchev–Trinajstić information content (AvgIpc) is 3.68. The van der Waals surface area contributed by atoms with Crippen molar-refractivity contribution in [1.82, 2.24) is 10.2 Å². The van der Waals surface area contributed by atoms with Gasteiger partial charge in [0.15, 0.2) is 0 Å². The van der Waals surface area contributed by atoms with E-state index < -0.39 is 47.7 Å². The second-order valence-electron chi connectivity index (χ2n) is 13.4. The molecule has 50 heavy (non-hydrogen) atoms. The Morgan fingerprint density at radius 2 is 1.72 bits per heavy atom. The van der Waals surface area contributed by atoms with E-state index in [0.717, 1.165) is 16.8 Å². The summed E-state index contributed by atoms with van der Waals surface area (Å²) in [6.07, 6.45) is 5.19. The maximum absolute atomic E-state index is 15.1. The number of allylic oxidation sites excluding steroid dienone is 1. The molecule has 2 aromatic rings. The molecule has 4 aliphatic heterocycles. The van der Waals surface area contributed by atoms with E-state index in [-0.39, 0.29) is 50.4 Å². The van der Waals surface area contributed by atoms with Crippen molar-refractivity contribution in [1.29, 1.82) is 0 Å². The lowest BCUT2D eigenvalue weighted by Gasteiger charge is -2.36. The first-order chi connectivity index (χ1) is 24.1. The number of fused-ring (bicyclic) bond motifs is 2. The fourth-order valence-electron chi connectivity index (χ4n) is 7.97. The summed E-state index contributed by atoms with van der Waals surface area (Å²) < 4.78 is 19.0. The van der Waals surface area contributed by atoms with Crippen LogP contribution in [0.25, 0.3) is 0 Å². The molecule has 3 amide bonds. The van der Waals surface area contributed by atoms with Crippen LogP contribution in [0.1, 0.15) is 48.5 Å². The summed E-state index contributed by atoms with van der Waals surface area (Å²) in [6, 6.07) is 13.1. The number of benzene rings is 2. The highest BCUT2D eigenvalue weighted by Gasteiger charge is 2.75. The third kappa shape index (κ3) is 6.54. The smallest absolute Gasteiger partial charge is 0.313 e. The highest BCUT2D eigenvalue weighted by atomic mass is 79.9. The topological polar surface area (TPSA) is 135 Å². The highest BCUT2D eigenvalue weighted by molar-refractivity contribution is 9.11. The number of aliphatic hydroxyl groups is 1.